The highest BCUT2D eigenvalue weighted by molar-refractivity contribution is 5.77. The molecule has 0 aromatic heterocycles. The van der Waals surface area contributed by atoms with Crippen molar-refractivity contribution in [2.24, 2.45) is 0 Å². The lowest BCUT2D eigenvalue weighted by Crippen LogP contribution is -1.99. The number of benzene rings is 1. The topological polar surface area (TPSA) is 52.0 Å². The third-order valence-corrected chi connectivity index (χ3v) is 1.89. The molecule has 0 unspecified atom stereocenters. The smallest absolute Gasteiger partial charge is 0.0623 e. The lowest BCUT2D eigenvalue weighted by molar-refractivity contribution is 1.46. The summed E-state index contributed by atoms with van der Waals surface area (Å²) >= 11 is 0. The standard InChI is InChI=1S/C10H14N2/c1-3-4-8-6-5-7(2)9(11)10(8)12/h3-6H,11-12H2,1-2H3/b4-3-. The van der Waals surface area contributed by atoms with E-state index in [1.54, 1.807) is 0 Å². The van der Waals surface area contributed by atoms with Crippen molar-refractivity contribution in [2.45, 2.75) is 13.8 Å². The number of nitrogens with two attached hydrogens (primary N) is 2. The van der Waals surface area contributed by atoms with Crippen molar-refractivity contribution in [3.8, 4) is 0 Å². The Kier molecular flexibility index (Phi) is 2.38. The highest BCUT2D eigenvalue weighted by Gasteiger charge is 2.01. The van der Waals surface area contributed by atoms with Crippen LogP contribution < -0.4 is 11.5 Å². The van der Waals surface area contributed by atoms with Gasteiger partial charge >= 0.3 is 0 Å². The Bertz CT molecular complexity index is 314. The maximum atomic E-state index is 5.79. The molecule has 0 aliphatic heterocycles. The van der Waals surface area contributed by atoms with E-state index in [1.165, 1.54) is 0 Å². The molecule has 0 aliphatic rings. The minimum Gasteiger partial charge on any atom is -0.397 e. The van der Waals surface area contributed by atoms with E-state index in [1.807, 2.05) is 38.1 Å². The van der Waals surface area contributed by atoms with Crippen LogP contribution in [0.25, 0.3) is 6.08 Å². The quantitative estimate of drug-likeness (QED) is 0.622. The Morgan fingerprint density at radius 3 is 2.42 bits per heavy atom. The predicted molar refractivity (Wildman–Crippen MR) is 54.7 cm³/mol. The highest BCUT2D eigenvalue weighted by Crippen LogP contribution is 2.24. The van der Waals surface area contributed by atoms with Crippen LogP contribution in [-0.4, -0.2) is 0 Å². The summed E-state index contributed by atoms with van der Waals surface area (Å²) < 4.78 is 0. The number of nitrogen functional groups attached to an aromatic ring is 2. The summed E-state index contributed by atoms with van der Waals surface area (Å²) in [6.07, 6.45) is 3.89. The molecule has 1 aromatic carbocycles. The first kappa shape index (κ1) is 8.65. The minimum atomic E-state index is 0.674. The van der Waals surface area contributed by atoms with Gasteiger partial charge in [-0.2, -0.15) is 0 Å². The van der Waals surface area contributed by atoms with Crippen LogP contribution in [0, 0.1) is 6.92 Å². The summed E-state index contributed by atoms with van der Waals surface area (Å²) in [6, 6.07) is 3.95. The number of allylic oxidation sites excluding steroid dienone is 1. The Morgan fingerprint density at radius 1 is 1.17 bits per heavy atom. The van der Waals surface area contributed by atoms with Crippen LogP contribution in [-0.2, 0) is 0 Å². The number of aryl methyl sites for hydroxylation is 1. The van der Waals surface area contributed by atoms with Crippen molar-refractivity contribution in [3.05, 3.63) is 29.3 Å². The fraction of sp³-hybridized carbons (Fsp3) is 0.200. The lowest BCUT2D eigenvalue weighted by atomic mass is 10.1. The van der Waals surface area contributed by atoms with Gasteiger partial charge in [-0.3, -0.25) is 0 Å². The van der Waals surface area contributed by atoms with Crippen LogP contribution >= 0.6 is 0 Å². The molecule has 0 aliphatic carbocycles. The van der Waals surface area contributed by atoms with Gasteiger partial charge in [0, 0.05) is 0 Å². The molecule has 2 nitrogen and oxygen atoms in total. The molecule has 0 bridgehead atoms. The van der Waals surface area contributed by atoms with E-state index in [0.29, 0.717) is 11.4 Å². The summed E-state index contributed by atoms with van der Waals surface area (Å²) in [6.45, 7) is 3.90. The van der Waals surface area contributed by atoms with Crippen molar-refractivity contribution < 1.29 is 0 Å². The molecule has 0 saturated heterocycles. The number of hydrogen-bond acceptors (Lipinski definition) is 2. The lowest BCUT2D eigenvalue weighted by Gasteiger charge is -2.06. The molecular formula is C10H14N2. The molecule has 12 heavy (non-hydrogen) atoms. The molecular weight excluding hydrogens is 148 g/mol. The highest BCUT2D eigenvalue weighted by atomic mass is 14.7. The van der Waals surface area contributed by atoms with E-state index >= 15 is 0 Å². The largest absolute Gasteiger partial charge is 0.397 e. The van der Waals surface area contributed by atoms with E-state index in [0.717, 1.165) is 11.1 Å². The average molecular weight is 162 g/mol. The predicted octanol–water partition coefficient (Wildman–Crippen LogP) is 2.19. The zero-order valence-corrected chi connectivity index (χ0v) is 7.46. The van der Waals surface area contributed by atoms with E-state index in [4.69, 9.17) is 11.5 Å². The normalized spacial score (nSPS) is 10.8. The maximum Gasteiger partial charge on any atom is 0.0623 e. The molecule has 4 N–H and O–H groups in total. The third kappa shape index (κ3) is 1.42. The summed E-state index contributed by atoms with van der Waals surface area (Å²) in [7, 11) is 0. The Balaban J connectivity index is 3.26. The first-order valence-electron chi connectivity index (χ1n) is 3.94. The Labute approximate surface area is 72.9 Å². The van der Waals surface area contributed by atoms with Crippen molar-refractivity contribution in [3.63, 3.8) is 0 Å². The molecule has 0 amide bonds. The van der Waals surface area contributed by atoms with Gasteiger partial charge in [0.05, 0.1) is 11.4 Å². The van der Waals surface area contributed by atoms with Crippen molar-refractivity contribution in [1.82, 2.24) is 0 Å². The summed E-state index contributed by atoms with van der Waals surface area (Å²) in [4.78, 5) is 0. The molecule has 0 atom stereocenters. The summed E-state index contributed by atoms with van der Waals surface area (Å²) in [5, 5.41) is 0. The SMILES string of the molecule is C/C=C\c1ccc(C)c(N)c1N. The monoisotopic (exact) mass is 162 g/mol. The Morgan fingerprint density at radius 2 is 1.83 bits per heavy atom. The second kappa shape index (κ2) is 3.30. The average Bonchev–Trinajstić information content (AvgIpc) is 2.07. The molecule has 1 rings (SSSR count). The van der Waals surface area contributed by atoms with Gasteiger partial charge in [-0.1, -0.05) is 24.3 Å². The first-order valence-corrected chi connectivity index (χ1v) is 3.94. The van der Waals surface area contributed by atoms with Crippen LogP contribution in [0.15, 0.2) is 18.2 Å². The molecule has 0 heterocycles. The van der Waals surface area contributed by atoms with Gasteiger partial charge in [0.25, 0.3) is 0 Å². The molecule has 0 fully saturated rings. The van der Waals surface area contributed by atoms with Gasteiger partial charge in [0.15, 0.2) is 0 Å². The molecule has 0 spiro atoms. The van der Waals surface area contributed by atoms with Gasteiger partial charge in [0.1, 0.15) is 0 Å². The summed E-state index contributed by atoms with van der Waals surface area (Å²) in [5.41, 5.74) is 14.9. The number of rotatable bonds is 1. The van der Waals surface area contributed by atoms with Crippen molar-refractivity contribution in [1.29, 1.82) is 0 Å². The minimum absolute atomic E-state index is 0.674. The van der Waals surface area contributed by atoms with Gasteiger partial charge in [-0.25, -0.2) is 0 Å². The van der Waals surface area contributed by atoms with E-state index < -0.39 is 0 Å². The fourth-order valence-electron chi connectivity index (χ4n) is 1.09. The number of hydrogen-bond donors (Lipinski definition) is 2. The van der Waals surface area contributed by atoms with Crippen LogP contribution in [0.1, 0.15) is 18.1 Å². The van der Waals surface area contributed by atoms with Crippen LogP contribution in [0.4, 0.5) is 11.4 Å². The molecule has 1 aromatic rings. The molecule has 64 valence electrons. The van der Waals surface area contributed by atoms with Gasteiger partial charge < -0.3 is 11.5 Å². The van der Waals surface area contributed by atoms with E-state index in [2.05, 4.69) is 0 Å². The zero-order chi connectivity index (χ0) is 9.14. The van der Waals surface area contributed by atoms with Crippen molar-refractivity contribution >= 4 is 17.5 Å². The fourth-order valence-corrected chi connectivity index (χ4v) is 1.09. The zero-order valence-electron chi connectivity index (χ0n) is 7.46. The van der Waals surface area contributed by atoms with Gasteiger partial charge in [-0.15, -0.1) is 0 Å². The molecule has 0 radical (unpaired) electrons. The van der Waals surface area contributed by atoms with E-state index in [-0.39, 0.29) is 0 Å². The van der Waals surface area contributed by atoms with E-state index in [9.17, 15) is 0 Å². The van der Waals surface area contributed by atoms with Crippen LogP contribution in [0.5, 0.6) is 0 Å². The Hall–Kier alpha value is -1.44. The van der Waals surface area contributed by atoms with Gasteiger partial charge in [-0.05, 0) is 25.0 Å². The second-order valence-corrected chi connectivity index (χ2v) is 2.80. The second-order valence-electron chi connectivity index (χ2n) is 2.80. The van der Waals surface area contributed by atoms with Crippen molar-refractivity contribution in [2.75, 3.05) is 11.5 Å². The summed E-state index contributed by atoms with van der Waals surface area (Å²) in [5.74, 6) is 0. The van der Waals surface area contributed by atoms with Crippen LogP contribution in [0.3, 0.4) is 0 Å². The third-order valence-electron chi connectivity index (χ3n) is 1.89. The number of anilines is 2. The van der Waals surface area contributed by atoms with Crippen LogP contribution in [0.2, 0.25) is 0 Å². The molecule has 2 heteroatoms. The maximum absolute atomic E-state index is 5.79. The van der Waals surface area contributed by atoms with Gasteiger partial charge in [0.2, 0.25) is 0 Å². The molecule has 0 saturated carbocycles. The first-order chi connectivity index (χ1) is 5.66.